The number of benzene rings is 2. The van der Waals surface area contributed by atoms with Gasteiger partial charge in [0.05, 0.1) is 37.7 Å². The van der Waals surface area contributed by atoms with E-state index in [0.717, 1.165) is 37.3 Å². The van der Waals surface area contributed by atoms with Crippen LogP contribution in [0.4, 0.5) is 32.0 Å². The Balaban J connectivity index is 2.15. The molecule has 182 valence electrons. The molecule has 1 aliphatic heterocycles. The van der Waals surface area contributed by atoms with Crippen molar-refractivity contribution in [2.75, 3.05) is 32.5 Å². The molecule has 1 aliphatic rings. The molecule has 2 aromatic carbocycles. The fraction of sp³-hybridized carbons (Fsp3) is 0.238. The van der Waals surface area contributed by atoms with Crippen molar-refractivity contribution >= 4 is 17.6 Å². The maximum atomic E-state index is 14.7. The Morgan fingerprint density at radius 3 is 2.12 bits per heavy atom. The Labute approximate surface area is 188 Å². The second-order valence-corrected chi connectivity index (χ2v) is 6.67. The normalized spacial score (nSPS) is 14.2. The summed E-state index contributed by atoms with van der Waals surface area (Å²) in [7, 11) is 2.05. The lowest BCUT2D eigenvalue weighted by atomic mass is 10.1. The van der Waals surface area contributed by atoms with E-state index in [4.69, 9.17) is 9.47 Å². The number of hydrogen-bond donors (Lipinski definition) is 0. The van der Waals surface area contributed by atoms with Crippen molar-refractivity contribution in [2.45, 2.75) is 6.18 Å². The Morgan fingerprint density at radius 2 is 1.56 bits per heavy atom. The lowest BCUT2D eigenvalue weighted by Gasteiger charge is -2.32. The standard InChI is InChI=1S/C21H15F6NO6/c1-31-19(29)11-8-33-9-28(16(11)20(30)32-2)15-5-3-4-12(22)18(15)34-17-13(23)6-10(7-14(17)24)21(25,26)27/h3-7H,8-9H2,1-2H3. The Morgan fingerprint density at radius 1 is 0.941 bits per heavy atom. The van der Waals surface area contributed by atoms with Crippen LogP contribution in [0, 0.1) is 17.5 Å². The van der Waals surface area contributed by atoms with E-state index in [2.05, 4.69) is 9.47 Å². The molecule has 2 aromatic rings. The first kappa shape index (κ1) is 24.9. The molecular weight excluding hydrogens is 476 g/mol. The number of esters is 2. The highest BCUT2D eigenvalue weighted by atomic mass is 19.4. The molecule has 0 spiro atoms. The number of nitrogens with zero attached hydrogens (tertiary/aromatic N) is 1. The number of para-hydroxylation sites is 1. The molecule has 0 fully saturated rings. The molecule has 0 aliphatic carbocycles. The molecule has 0 atom stereocenters. The molecule has 0 N–H and O–H groups in total. The molecule has 3 rings (SSSR count). The van der Waals surface area contributed by atoms with Gasteiger partial charge in [0.15, 0.2) is 29.0 Å². The highest BCUT2D eigenvalue weighted by Crippen LogP contribution is 2.41. The zero-order valence-corrected chi connectivity index (χ0v) is 17.5. The van der Waals surface area contributed by atoms with Gasteiger partial charge >= 0.3 is 18.1 Å². The van der Waals surface area contributed by atoms with Crippen molar-refractivity contribution in [3.63, 3.8) is 0 Å². The molecule has 0 aromatic heterocycles. The third kappa shape index (κ3) is 4.78. The maximum Gasteiger partial charge on any atom is 0.416 e. The fourth-order valence-corrected chi connectivity index (χ4v) is 3.07. The van der Waals surface area contributed by atoms with Crippen LogP contribution in [-0.4, -0.2) is 39.5 Å². The maximum absolute atomic E-state index is 14.7. The lowest BCUT2D eigenvalue weighted by Crippen LogP contribution is -2.39. The molecule has 0 radical (unpaired) electrons. The van der Waals surface area contributed by atoms with Crippen LogP contribution in [0.2, 0.25) is 0 Å². The van der Waals surface area contributed by atoms with E-state index in [1.165, 1.54) is 0 Å². The van der Waals surface area contributed by atoms with Gasteiger partial charge in [0.25, 0.3) is 0 Å². The quantitative estimate of drug-likeness (QED) is 0.456. The number of alkyl halides is 3. The Bertz CT molecular complexity index is 1140. The van der Waals surface area contributed by atoms with Crippen LogP contribution in [-0.2, 0) is 30.0 Å². The number of carbonyl (C=O) groups is 2. The topological polar surface area (TPSA) is 74.3 Å². The molecule has 0 unspecified atom stereocenters. The van der Waals surface area contributed by atoms with Gasteiger partial charge < -0.3 is 23.8 Å². The van der Waals surface area contributed by atoms with Crippen LogP contribution < -0.4 is 9.64 Å². The third-order valence-electron chi connectivity index (χ3n) is 4.60. The zero-order valence-electron chi connectivity index (χ0n) is 17.5. The smallest absolute Gasteiger partial charge is 0.416 e. The van der Waals surface area contributed by atoms with E-state index in [-0.39, 0.29) is 30.0 Å². The van der Waals surface area contributed by atoms with Gasteiger partial charge in [-0.25, -0.2) is 22.8 Å². The van der Waals surface area contributed by atoms with E-state index in [9.17, 15) is 35.9 Å². The average Bonchev–Trinajstić information content (AvgIpc) is 2.79. The van der Waals surface area contributed by atoms with Gasteiger partial charge in [-0.1, -0.05) is 6.07 Å². The summed E-state index contributed by atoms with van der Waals surface area (Å²) in [6.07, 6.45) is -5.04. The number of halogens is 6. The molecule has 0 saturated carbocycles. The van der Waals surface area contributed by atoms with Gasteiger partial charge in [0.2, 0.25) is 0 Å². The molecule has 34 heavy (non-hydrogen) atoms. The van der Waals surface area contributed by atoms with Gasteiger partial charge in [-0.05, 0) is 24.3 Å². The Hall–Kier alpha value is -3.74. The largest absolute Gasteiger partial charge is 0.466 e. The lowest BCUT2D eigenvalue weighted by molar-refractivity contribution is -0.140. The van der Waals surface area contributed by atoms with Gasteiger partial charge in [0, 0.05) is 0 Å². The number of rotatable bonds is 5. The summed E-state index contributed by atoms with van der Waals surface area (Å²) in [6, 6.07) is 3.12. The number of hydrogen-bond acceptors (Lipinski definition) is 7. The summed E-state index contributed by atoms with van der Waals surface area (Å²) >= 11 is 0. The van der Waals surface area contributed by atoms with Crippen molar-refractivity contribution in [3.05, 3.63) is 64.6 Å². The van der Waals surface area contributed by atoms with Crippen LogP contribution in [0.3, 0.4) is 0 Å². The van der Waals surface area contributed by atoms with E-state index in [1.807, 2.05) is 0 Å². The monoisotopic (exact) mass is 491 g/mol. The molecule has 13 heteroatoms. The molecule has 0 saturated heterocycles. The number of ether oxygens (including phenoxy) is 4. The summed E-state index contributed by atoms with van der Waals surface area (Å²) in [5.41, 5.74) is -2.70. The minimum Gasteiger partial charge on any atom is -0.466 e. The Kier molecular flexibility index (Phi) is 7.05. The minimum absolute atomic E-state index is 0.0158. The number of methoxy groups -OCH3 is 2. The summed E-state index contributed by atoms with van der Waals surface area (Å²) in [6.45, 7) is -0.829. The van der Waals surface area contributed by atoms with Gasteiger partial charge in [-0.2, -0.15) is 13.2 Å². The first-order valence-electron chi connectivity index (χ1n) is 9.27. The SMILES string of the molecule is COC(=O)C1=C(C(=O)OC)N(c2cccc(F)c2Oc2c(F)cc(C(F)(F)F)cc2F)COC1. The first-order chi connectivity index (χ1) is 16.0. The first-order valence-corrected chi connectivity index (χ1v) is 9.27. The summed E-state index contributed by atoms with van der Waals surface area (Å²) < 4.78 is 101. The van der Waals surface area contributed by atoms with Gasteiger partial charge in [-0.15, -0.1) is 0 Å². The van der Waals surface area contributed by atoms with Crippen molar-refractivity contribution in [2.24, 2.45) is 0 Å². The third-order valence-corrected chi connectivity index (χ3v) is 4.60. The molecule has 7 nitrogen and oxygen atoms in total. The number of carbonyl (C=O) groups excluding carboxylic acids is 2. The van der Waals surface area contributed by atoms with Gasteiger partial charge in [-0.3, -0.25) is 0 Å². The molecule has 1 heterocycles. The highest BCUT2D eigenvalue weighted by molar-refractivity contribution is 6.03. The molecule has 0 bridgehead atoms. The van der Waals surface area contributed by atoms with Crippen molar-refractivity contribution in [1.29, 1.82) is 0 Å². The van der Waals surface area contributed by atoms with Crippen LogP contribution in [0.5, 0.6) is 11.5 Å². The second-order valence-electron chi connectivity index (χ2n) is 6.67. The zero-order chi connectivity index (χ0) is 25.2. The predicted octanol–water partition coefficient (Wildman–Crippen LogP) is 4.31. The van der Waals surface area contributed by atoms with E-state index in [0.29, 0.717) is 0 Å². The van der Waals surface area contributed by atoms with E-state index >= 15 is 0 Å². The average molecular weight is 491 g/mol. The van der Waals surface area contributed by atoms with Crippen LogP contribution in [0.15, 0.2) is 41.6 Å². The van der Waals surface area contributed by atoms with Crippen LogP contribution in [0.1, 0.15) is 5.56 Å². The second kappa shape index (κ2) is 9.63. The summed E-state index contributed by atoms with van der Waals surface area (Å²) in [5.74, 6) is -8.91. The number of anilines is 1. The van der Waals surface area contributed by atoms with E-state index in [1.54, 1.807) is 0 Å². The summed E-state index contributed by atoms with van der Waals surface area (Å²) in [4.78, 5) is 25.5. The van der Waals surface area contributed by atoms with E-state index < -0.39 is 65.1 Å². The summed E-state index contributed by atoms with van der Waals surface area (Å²) in [5, 5.41) is 0. The predicted molar refractivity (Wildman–Crippen MR) is 102 cm³/mol. The van der Waals surface area contributed by atoms with Crippen molar-refractivity contribution in [1.82, 2.24) is 0 Å². The van der Waals surface area contributed by atoms with Gasteiger partial charge in [0.1, 0.15) is 12.4 Å². The molecular formula is C21H15F6NO6. The van der Waals surface area contributed by atoms with Crippen LogP contribution >= 0.6 is 0 Å². The van der Waals surface area contributed by atoms with Crippen molar-refractivity contribution in [3.8, 4) is 11.5 Å². The fourth-order valence-electron chi connectivity index (χ4n) is 3.07. The highest BCUT2D eigenvalue weighted by Gasteiger charge is 2.36. The molecule has 0 amide bonds. The van der Waals surface area contributed by atoms with Crippen LogP contribution in [0.25, 0.3) is 0 Å². The van der Waals surface area contributed by atoms with Crippen molar-refractivity contribution < 1.29 is 54.9 Å². The minimum atomic E-state index is -5.04.